The number of carbonyl (C=O) groups excluding carboxylic acids is 1. The molecule has 1 N–H and O–H groups in total. The van der Waals surface area contributed by atoms with Crippen LogP contribution in [0.4, 0.5) is 0 Å². The van der Waals surface area contributed by atoms with Crippen LogP contribution in [0.3, 0.4) is 0 Å². The molecule has 1 saturated heterocycles. The predicted molar refractivity (Wildman–Crippen MR) is 111 cm³/mol. The highest BCUT2D eigenvalue weighted by Crippen LogP contribution is 2.38. The molecule has 2 aromatic rings. The number of methoxy groups -OCH3 is 2. The number of sulfonamides is 1. The van der Waals surface area contributed by atoms with Crippen molar-refractivity contribution < 1.29 is 22.7 Å². The molecular formula is C21H23N3O5S. The number of amidine groups is 1. The largest absolute Gasteiger partial charge is 0.497 e. The van der Waals surface area contributed by atoms with Gasteiger partial charge in [0, 0.05) is 23.7 Å². The van der Waals surface area contributed by atoms with Crippen molar-refractivity contribution in [2.45, 2.75) is 23.8 Å². The van der Waals surface area contributed by atoms with E-state index in [9.17, 15) is 13.2 Å². The van der Waals surface area contributed by atoms with Crippen LogP contribution in [0.1, 0.15) is 30.0 Å². The Morgan fingerprint density at radius 3 is 2.77 bits per heavy atom. The number of fused-ring (bicyclic) bond motifs is 1. The number of hydrogen-bond acceptors (Lipinski definition) is 6. The first-order valence-corrected chi connectivity index (χ1v) is 11.1. The van der Waals surface area contributed by atoms with Gasteiger partial charge in [0.1, 0.15) is 23.9 Å². The molecule has 0 saturated carbocycles. The monoisotopic (exact) mass is 429 g/mol. The third kappa shape index (κ3) is 3.60. The van der Waals surface area contributed by atoms with Crippen molar-refractivity contribution in [1.29, 1.82) is 0 Å². The summed E-state index contributed by atoms with van der Waals surface area (Å²) in [5.41, 5.74) is 1.41. The highest BCUT2D eigenvalue weighted by molar-refractivity contribution is 7.90. The van der Waals surface area contributed by atoms with Gasteiger partial charge in [-0.05, 0) is 37.1 Å². The maximum atomic E-state index is 13.0. The molecule has 8 nitrogen and oxygen atoms in total. The molecular weight excluding hydrogens is 406 g/mol. The van der Waals surface area contributed by atoms with Gasteiger partial charge in [0.2, 0.25) is 5.91 Å². The van der Waals surface area contributed by atoms with Crippen LogP contribution in [-0.4, -0.2) is 52.4 Å². The molecule has 1 fully saturated rings. The van der Waals surface area contributed by atoms with Crippen LogP contribution in [0.5, 0.6) is 11.5 Å². The van der Waals surface area contributed by atoms with Crippen LogP contribution in [-0.2, 0) is 14.8 Å². The quantitative estimate of drug-likeness (QED) is 0.785. The molecule has 0 aliphatic carbocycles. The predicted octanol–water partition coefficient (Wildman–Crippen LogP) is 2.11. The van der Waals surface area contributed by atoms with E-state index in [1.54, 1.807) is 43.4 Å². The van der Waals surface area contributed by atoms with Crippen molar-refractivity contribution in [3.05, 3.63) is 53.6 Å². The first-order valence-electron chi connectivity index (χ1n) is 9.62. The van der Waals surface area contributed by atoms with Crippen molar-refractivity contribution in [2.75, 3.05) is 27.3 Å². The molecule has 0 spiro atoms. The number of rotatable bonds is 5. The Labute approximate surface area is 175 Å². The summed E-state index contributed by atoms with van der Waals surface area (Å²) in [5.74, 6) is 1.40. The average Bonchev–Trinajstić information content (AvgIpc) is 3.34. The molecule has 2 aliphatic heterocycles. The smallest absolute Gasteiger partial charge is 0.263 e. The van der Waals surface area contributed by atoms with Crippen LogP contribution >= 0.6 is 0 Å². The van der Waals surface area contributed by atoms with Crippen LogP contribution < -0.4 is 14.2 Å². The third-order valence-corrected chi connectivity index (χ3v) is 6.81. The number of aliphatic imine (C=N–C) groups is 1. The summed E-state index contributed by atoms with van der Waals surface area (Å²) in [5, 5.41) is 0. The van der Waals surface area contributed by atoms with E-state index in [1.807, 2.05) is 12.1 Å². The number of benzene rings is 2. The standard InChI is InChI=1S/C21H23N3O5S/c1-28-14-9-10-15(18(12-14)29-2)17-7-5-11-24(17)20(25)13-22-21-16-6-3-4-8-19(16)30(26,27)23-21/h3-4,6,8-10,12,17H,5,7,11,13H2,1-2H3,(H,22,23)/t17-/m1/s1. The minimum absolute atomic E-state index is 0.119. The second-order valence-electron chi connectivity index (χ2n) is 7.12. The number of nitrogens with zero attached hydrogens (tertiary/aromatic N) is 2. The molecule has 0 radical (unpaired) electrons. The fraction of sp³-hybridized carbons (Fsp3) is 0.333. The van der Waals surface area contributed by atoms with Gasteiger partial charge in [0.25, 0.3) is 10.0 Å². The number of carbonyl (C=O) groups is 1. The summed E-state index contributed by atoms with van der Waals surface area (Å²) >= 11 is 0. The fourth-order valence-electron chi connectivity index (χ4n) is 3.97. The lowest BCUT2D eigenvalue weighted by molar-refractivity contribution is -0.130. The van der Waals surface area contributed by atoms with Gasteiger partial charge in [-0.3, -0.25) is 14.5 Å². The Kier molecular flexibility index (Phi) is 5.38. The van der Waals surface area contributed by atoms with Gasteiger partial charge in [-0.1, -0.05) is 12.1 Å². The summed E-state index contributed by atoms with van der Waals surface area (Å²) in [6.45, 7) is 0.479. The Balaban J connectivity index is 1.55. The number of hydrogen-bond donors (Lipinski definition) is 1. The Morgan fingerprint density at radius 1 is 1.20 bits per heavy atom. The van der Waals surface area contributed by atoms with E-state index in [4.69, 9.17) is 9.47 Å². The summed E-state index contributed by atoms with van der Waals surface area (Å²) in [6.07, 6.45) is 1.69. The van der Waals surface area contributed by atoms with Gasteiger partial charge < -0.3 is 14.4 Å². The minimum Gasteiger partial charge on any atom is -0.497 e. The van der Waals surface area contributed by atoms with Crippen molar-refractivity contribution in [1.82, 2.24) is 9.62 Å². The van der Waals surface area contributed by atoms with Crippen LogP contribution in [0.25, 0.3) is 0 Å². The summed E-state index contributed by atoms with van der Waals surface area (Å²) in [7, 11) is -0.441. The molecule has 30 heavy (non-hydrogen) atoms. The third-order valence-electron chi connectivity index (χ3n) is 5.41. The van der Waals surface area contributed by atoms with E-state index < -0.39 is 10.0 Å². The van der Waals surface area contributed by atoms with E-state index >= 15 is 0 Å². The van der Waals surface area contributed by atoms with Crippen molar-refractivity contribution in [3.63, 3.8) is 0 Å². The molecule has 0 bridgehead atoms. The van der Waals surface area contributed by atoms with Crippen molar-refractivity contribution in [2.24, 2.45) is 4.99 Å². The highest BCUT2D eigenvalue weighted by Gasteiger charge is 2.33. The van der Waals surface area contributed by atoms with Gasteiger partial charge in [-0.2, -0.15) is 0 Å². The lowest BCUT2D eigenvalue weighted by atomic mass is 10.0. The minimum atomic E-state index is -3.63. The second kappa shape index (κ2) is 7.98. The van der Waals surface area contributed by atoms with E-state index in [0.29, 0.717) is 23.6 Å². The summed E-state index contributed by atoms with van der Waals surface area (Å²) in [4.78, 5) is 19.2. The Hall–Kier alpha value is -3.07. The Morgan fingerprint density at radius 2 is 2.00 bits per heavy atom. The van der Waals surface area contributed by atoms with Crippen LogP contribution in [0, 0.1) is 0 Å². The van der Waals surface area contributed by atoms with Crippen LogP contribution in [0.2, 0.25) is 0 Å². The molecule has 0 aromatic heterocycles. The topological polar surface area (TPSA) is 97.3 Å². The van der Waals surface area contributed by atoms with E-state index in [1.165, 1.54) is 6.07 Å². The van der Waals surface area contributed by atoms with E-state index in [0.717, 1.165) is 18.4 Å². The first-order chi connectivity index (χ1) is 14.4. The molecule has 1 atom stereocenters. The number of amides is 1. The molecule has 4 rings (SSSR count). The average molecular weight is 429 g/mol. The maximum Gasteiger partial charge on any atom is 0.263 e. The normalized spacial score (nSPS) is 20.7. The molecule has 9 heteroatoms. The second-order valence-corrected chi connectivity index (χ2v) is 8.77. The zero-order chi connectivity index (χ0) is 21.3. The number of ether oxygens (including phenoxy) is 2. The number of nitrogens with one attached hydrogen (secondary N) is 1. The van der Waals surface area contributed by atoms with Gasteiger partial charge in [-0.25, -0.2) is 8.42 Å². The fourth-order valence-corrected chi connectivity index (χ4v) is 5.22. The zero-order valence-corrected chi connectivity index (χ0v) is 17.6. The van der Waals surface area contributed by atoms with Gasteiger partial charge in [0.05, 0.1) is 25.2 Å². The van der Waals surface area contributed by atoms with Crippen molar-refractivity contribution in [3.8, 4) is 11.5 Å². The van der Waals surface area contributed by atoms with Gasteiger partial charge >= 0.3 is 0 Å². The lowest BCUT2D eigenvalue weighted by Crippen LogP contribution is -2.33. The molecule has 2 aliphatic rings. The Bertz CT molecular complexity index is 1110. The maximum absolute atomic E-state index is 13.0. The zero-order valence-electron chi connectivity index (χ0n) is 16.8. The SMILES string of the molecule is COc1ccc([C@H]2CCCN2C(=O)CN=C2NS(=O)(=O)c3ccccc32)c(OC)c1. The molecule has 0 unspecified atom stereocenters. The van der Waals surface area contributed by atoms with E-state index in [2.05, 4.69) is 9.71 Å². The molecule has 2 aromatic carbocycles. The van der Waals surface area contributed by atoms with Gasteiger partial charge in [0.15, 0.2) is 0 Å². The summed E-state index contributed by atoms with van der Waals surface area (Å²) in [6, 6.07) is 12.1. The lowest BCUT2D eigenvalue weighted by Gasteiger charge is -2.26. The highest BCUT2D eigenvalue weighted by atomic mass is 32.2. The first kappa shape index (κ1) is 20.2. The van der Waals surface area contributed by atoms with E-state index in [-0.39, 0.29) is 29.2 Å². The molecule has 158 valence electrons. The molecule has 2 heterocycles. The van der Waals surface area contributed by atoms with Crippen molar-refractivity contribution >= 4 is 21.8 Å². The molecule has 1 amide bonds. The number of likely N-dealkylation sites (tertiary alicyclic amines) is 1. The summed E-state index contributed by atoms with van der Waals surface area (Å²) < 4.78 is 37.6. The van der Waals surface area contributed by atoms with Crippen LogP contribution in [0.15, 0.2) is 52.4 Å². The van der Waals surface area contributed by atoms with Gasteiger partial charge in [-0.15, -0.1) is 0 Å².